The maximum atomic E-state index is 11.7. The van der Waals surface area contributed by atoms with Crippen molar-refractivity contribution >= 4 is 10.1 Å². The molecule has 2 aromatic rings. The molecule has 2 rings (SSSR count). The zero-order valence-electron chi connectivity index (χ0n) is 16.7. The normalized spacial score (nSPS) is 11.1. The first-order chi connectivity index (χ1) is 12.9. The van der Waals surface area contributed by atoms with Crippen LogP contribution < -0.4 is 39.4 Å². The summed E-state index contributed by atoms with van der Waals surface area (Å²) < 4.78 is 37.5. The molecule has 0 saturated heterocycles. The molecule has 0 aliphatic carbocycles. The van der Waals surface area contributed by atoms with Crippen molar-refractivity contribution in [3.8, 4) is 17.2 Å². The molecule has 0 radical (unpaired) electrons. The second-order valence-electron chi connectivity index (χ2n) is 6.70. The van der Waals surface area contributed by atoms with Crippen molar-refractivity contribution in [3.05, 3.63) is 48.0 Å². The van der Waals surface area contributed by atoms with Gasteiger partial charge in [-0.15, -0.1) is 5.75 Å². The Labute approximate surface area is 190 Å². The van der Waals surface area contributed by atoms with Crippen molar-refractivity contribution in [2.24, 2.45) is 0 Å². The number of hydrogen-bond donors (Lipinski definition) is 1. The molecule has 0 aromatic heterocycles. The molecular formula is C21H27NaO5S. The minimum Gasteiger partial charge on any atom is -0.872 e. The van der Waals surface area contributed by atoms with E-state index in [9.17, 15) is 13.5 Å². The van der Waals surface area contributed by atoms with E-state index in [4.69, 9.17) is 9.29 Å². The van der Waals surface area contributed by atoms with Crippen molar-refractivity contribution in [2.45, 2.75) is 63.2 Å². The van der Waals surface area contributed by atoms with E-state index < -0.39 is 20.8 Å². The van der Waals surface area contributed by atoms with Gasteiger partial charge in [0.25, 0.3) is 10.1 Å². The molecule has 1 N–H and O–H groups in total. The molecule has 0 bridgehead atoms. The van der Waals surface area contributed by atoms with Crippen molar-refractivity contribution in [1.82, 2.24) is 0 Å². The second-order valence-corrected chi connectivity index (χ2v) is 8.12. The molecule has 28 heavy (non-hydrogen) atoms. The van der Waals surface area contributed by atoms with Crippen LogP contribution in [0.15, 0.2) is 47.4 Å². The Morgan fingerprint density at radius 1 is 0.964 bits per heavy atom. The van der Waals surface area contributed by atoms with Gasteiger partial charge in [0.2, 0.25) is 0 Å². The maximum Gasteiger partial charge on any atom is 1.00 e. The van der Waals surface area contributed by atoms with Crippen LogP contribution in [-0.4, -0.2) is 13.0 Å². The Morgan fingerprint density at radius 2 is 1.61 bits per heavy atom. The average Bonchev–Trinajstić information content (AvgIpc) is 2.61. The molecule has 0 unspecified atom stereocenters. The first-order valence-corrected chi connectivity index (χ1v) is 10.9. The molecule has 0 atom stereocenters. The molecule has 2 aromatic carbocycles. The zero-order valence-corrected chi connectivity index (χ0v) is 19.5. The number of hydrogen-bond acceptors (Lipinski definition) is 4. The molecule has 0 fully saturated rings. The second kappa shape index (κ2) is 12.5. The quantitative estimate of drug-likeness (QED) is 0.346. The van der Waals surface area contributed by atoms with Gasteiger partial charge in [-0.1, -0.05) is 63.6 Å². The van der Waals surface area contributed by atoms with Gasteiger partial charge in [-0.3, -0.25) is 4.55 Å². The van der Waals surface area contributed by atoms with Crippen molar-refractivity contribution in [3.63, 3.8) is 0 Å². The monoisotopic (exact) mass is 414 g/mol. The molecule has 0 heterocycles. The molecule has 0 spiro atoms. The third-order valence-electron chi connectivity index (χ3n) is 4.40. The SMILES string of the molecule is CCCCCCCCCc1ccccc1Oc1cc([O-])cc(S(=O)(=O)O)c1.[Na+]. The number of benzene rings is 2. The minimum atomic E-state index is -4.46. The third kappa shape index (κ3) is 8.53. The van der Waals surface area contributed by atoms with Gasteiger partial charge in [-0.2, -0.15) is 8.42 Å². The number of unbranched alkanes of at least 4 members (excludes halogenated alkanes) is 6. The van der Waals surface area contributed by atoms with Gasteiger partial charge in [-0.25, -0.2) is 0 Å². The predicted octanol–water partition coefficient (Wildman–Crippen LogP) is 2.10. The van der Waals surface area contributed by atoms with E-state index in [1.807, 2.05) is 18.2 Å². The Kier molecular flexibility index (Phi) is 11.2. The van der Waals surface area contributed by atoms with Gasteiger partial charge in [0.05, 0.1) is 4.90 Å². The molecule has 0 aliphatic rings. The van der Waals surface area contributed by atoms with Crippen LogP contribution in [0.25, 0.3) is 0 Å². The van der Waals surface area contributed by atoms with E-state index in [2.05, 4.69) is 6.92 Å². The summed E-state index contributed by atoms with van der Waals surface area (Å²) in [5.41, 5.74) is 1.01. The summed E-state index contributed by atoms with van der Waals surface area (Å²) in [5, 5.41) is 11.7. The van der Waals surface area contributed by atoms with Gasteiger partial charge in [0.15, 0.2) is 0 Å². The number of rotatable bonds is 11. The van der Waals surface area contributed by atoms with Crippen LogP contribution in [0, 0.1) is 0 Å². The van der Waals surface area contributed by atoms with Crippen molar-refractivity contribution in [1.29, 1.82) is 0 Å². The van der Waals surface area contributed by atoms with E-state index in [1.54, 1.807) is 6.07 Å². The summed E-state index contributed by atoms with van der Waals surface area (Å²) >= 11 is 0. The van der Waals surface area contributed by atoms with Crippen LogP contribution in [0.3, 0.4) is 0 Å². The Morgan fingerprint density at radius 3 is 2.29 bits per heavy atom. The van der Waals surface area contributed by atoms with E-state index in [0.717, 1.165) is 37.0 Å². The van der Waals surface area contributed by atoms with E-state index in [0.29, 0.717) is 5.75 Å². The zero-order chi connectivity index (χ0) is 19.7. The summed E-state index contributed by atoms with van der Waals surface area (Å²) in [6.07, 6.45) is 9.37. The Balaban J connectivity index is 0.00000392. The molecule has 0 saturated carbocycles. The van der Waals surface area contributed by atoms with E-state index in [1.165, 1.54) is 38.2 Å². The van der Waals surface area contributed by atoms with Crippen LogP contribution >= 0.6 is 0 Å². The number of ether oxygens (including phenoxy) is 1. The van der Waals surface area contributed by atoms with Crippen LogP contribution in [0.1, 0.15) is 57.4 Å². The first-order valence-electron chi connectivity index (χ1n) is 9.45. The number of aryl methyl sites for hydroxylation is 1. The molecular weight excluding hydrogens is 387 g/mol. The summed E-state index contributed by atoms with van der Waals surface area (Å²) in [6, 6.07) is 10.7. The number of para-hydroxylation sites is 1. The topological polar surface area (TPSA) is 86.7 Å². The Bertz CT molecular complexity index is 836. The summed E-state index contributed by atoms with van der Waals surface area (Å²) in [6.45, 7) is 2.21. The van der Waals surface area contributed by atoms with Crippen molar-refractivity contribution < 1.29 is 52.4 Å². The summed E-state index contributed by atoms with van der Waals surface area (Å²) in [7, 11) is -4.46. The maximum absolute atomic E-state index is 11.7. The van der Waals surface area contributed by atoms with Crippen LogP contribution in [0.5, 0.6) is 17.2 Å². The minimum absolute atomic E-state index is 0. The fourth-order valence-electron chi connectivity index (χ4n) is 2.96. The van der Waals surface area contributed by atoms with Crippen molar-refractivity contribution in [2.75, 3.05) is 0 Å². The van der Waals surface area contributed by atoms with Gasteiger partial charge >= 0.3 is 29.6 Å². The van der Waals surface area contributed by atoms with Crippen LogP contribution in [-0.2, 0) is 16.5 Å². The standard InChI is InChI=1S/C21H28O5S.Na/c1-2-3-4-5-6-7-8-11-17-12-9-10-13-21(17)26-19-14-18(22)15-20(16-19)27(23,24)25;/h9-10,12-16,22H,2-8,11H2,1H3,(H,23,24,25);/q;+1/p-1. The molecule has 5 nitrogen and oxygen atoms in total. The first kappa shape index (κ1) is 25.0. The summed E-state index contributed by atoms with van der Waals surface area (Å²) in [5.74, 6) is 0.155. The fourth-order valence-corrected chi connectivity index (χ4v) is 3.49. The third-order valence-corrected chi connectivity index (χ3v) is 5.23. The van der Waals surface area contributed by atoms with Gasteiger partial charge in [0.1, 0.15) is 11.5 Å². The van der Waals surface area contributed by atoms with Crippen LogP contribution in [0.4, 0.5) is 0 Å². The molecule has 7 heteroatoms. The smallest absolute Gasteiger partial charge is 0.872 e. The van der Waals surface area contributed by atoms with Gasteiger partial charge < -0.3 is 9.84 Å². The van der Waals surface area contributed by atoms with Crippen LogP contribution in [0.2, 0.25) is 0 Å². The fraction of sp³-hybridized carbons (Fsp3) is 0.429. The summed E-state index contributed by atoms with van der Waals surface area (Å²) in [4.78, 5) is -0.463. The van der Waals surface area contributed by atoms with Gasteiger partial charge in [0, 0.05) is 6.07 Å². The molecule has 0 aliphatic heterocycles. The Hall–Kier alpha value is -1.05. The average molecular weight is 414 g/mol. The predicted molar refractivity (Wildman–Crippen MR) is 104 cm³/mol. The van der Waals surface area contributed by atoms with Gasteiger partial charge in [-0.05, 0) is 36.6 Å². The molecule has 148 valence electrons. The van der Waals surface area contributed by atoms with E-state index >= 15 is 0 Å². The van der Waals surface area contributed by atoms with E-state index in [-0.39, 0.29) is 35.3 Å². The largest absolute Gasteiger partial charge is 1.00 e. The molecule has 0 amide bonds.